The lowest BCUT2D eigenvalue weighted by Gasteiger charge is -2.25. The summed E-state index contributed by atoms with van der Waals surface area (Å²) in [6.45, 7) is 1.96. The van der Waals surface area contributed by atoms with Crippen LogP contribution in [-0.2, 0) is 4.74 Å². The molecule has 0 spiro atoms. The minimum Gasteiger partial charge on any atom is -0.386 e. The highest BCUT2D eigenvalue weighted by Crippen LogP contribution is 2.44. The first kappa shape index (κ1) is 10.1. The summed E-state index contributed by atoms with van der Waals surface area (Å²) in [5, 5.41) is 13.8. The van der Waals surface area contributed by atoms with E-state index in [4.69, 9.17) is 4.74 Å². The molecule has 1 unspecified atom stereocenters. The minimum atomic E-state index is -0.581. The normalized spacial score (nSPS) is 36.4. The molecular formula is C12H21NO2. The van der Waals surface area contributed by atoms with Gasteiger partial charge < -0.3 is 15.2 Å². The van der Waals surface area contributed by atoms with Crippen molar-refractivity contribution in [3.63, 3.8) is 0 Å². The fourth-order valence-electron chi connectivity index (χ4n) is 2.67. The Morgan fingerprint density at radius 1 is 1.27 bits per heavy atom. The van der Waals surface area contributed by atoms with Crippen molar-refractivity contribution in [2.45, 2.75) is 43.7 Å². The Morgan fingerprint density at radius 3 is 2.40 bits per heavy atom. The molecule has 3 rings (SSSR count). The molecule has 3 nitrogen and oxygen atoms in total. The Balaban J connectivity index is 1.50. The molecule has 3 fully saturated rings. The number of nitrogens with one attached hydrogen (secondary N) is 1. The molecule has 1 aliphatic heterocycles. The molecule has 0 radical (unpaired) electrons. The molecule has 2 saturated carbocycles. The molecule has 2 N–H and O–H groups in total. The van der Waals surface area contributed by atoms with Crippen LogP contribution in [0.2, 0.25) is 0 Å². The van der Waals surface area contributed by atoms with Crippen molar-refractivity contribution >= 4 is 0 Å². The van der Waals surface area contributed by atoms with Crippen LogP contribution < -0.4 is 5.32 Å². The second kappa shape index (κ2) is 3.72. The van der Waals surface area contributed by atoms with Crippen molar-refractivity contribution in [2.75, 3.05) is 19.8 Å². The maximum atomic E-state index is 10.2. The van der Waals surface area contributed by atoms with E-state index in [1.165, 1.54) is 25.7 Å². The van der Waals surface area contributed by atoms with Gasteiger partial charge in [-0.1, -0.05) is 0 Å². The van der Waals surface area contributed by atoms with Gasteiger partial charge in [0.25, 0.3) is 0 Å². The standard InChI is InChI=1S/C12H21NO2/c14-12(5-6-15-8-12)7-13-11(9-1-2-9)10-3-4-10/h9-11,13-14H,1-8H2. The highest BCUT2D eigenvalue weighted by molar-refractivity contribution is 4.98. The van der Waals surface area contributed by atoms with E-state index in [1.54, 1.807) is 0 Å². The van der Waals surface area contributed by atoms with Gasteiger partial charge >= 0.3 is 0 Å². The Hall–Kier alpha value is -0.120. The summed E-state index contributed by atoms with van der Waals surface area (Å²) in [6, 6.07) is 0.689. The number of aliphatic hydroxyl groups is 1. The van der Waals surface area contributed by atoms with Crippen LogP contribution in [0.1, 0.15) is 32.1 Å². The fourth-order valence-corrected chi connectivity index (χ4v) is 2.67. The van der Waals surface area contributed by atoms with E-state index in [-0.39, 0.29) is 0 Å². The third kappa shape index (κ3) is 2.35. The van der Waals surface area contributed by atoms with Gasteiger partial charge in [0.2, 0.25) is 0 Å². The summed E-state index contributed by atoms with van der Waals surface area (Å²) in [7, 11) is 0. The average Bonchev–Trinajstić information content (AvgIpc) is 3.09. The van der Waals surface area contributed by atoms with E-state index in [1.807, 2.05) is 0 Å². The van der Waals surface area contributed by atoms with Crippen LogP contribution in [0.15, 0.2) is 0 Å². The summed E-state index contributed by atoms with van der Waals surface area (Å²) >= 11 is 0. The summed E-state index contributed by atoms with van der Waals surface area (Å²) in [5.74, 6) is 1.81. The van der Waals surface area contributed by atoms with Gasteiger partial charge in [-0.25, -0.2) is 0 Å². The van der Waals surface area contributed by atoms with Crippen molar-refractivity contribution in [1.82, 2.24) is 5.32 Å². The van der Waals surface area contributed by atoms with E-state index >= 15 is 0 Å². The van der Waals surface area contributed by atoms with Crippen LogP contribution in [-0.4, -0.2) is 36.5 Å². The van der Waals surface area contributed by atoms with Crippen LogP contribution in [0.5, 0.6) is 0 Å². The molecular weight excluding hydrogens is 190 g/mol. The Bertz CT molecular complexity index is 218. The topological polar surface area (TPSA) is 41.5 Å². The maximum absolute atomic E-state index is 10.2. The van der Waals surface area contributed by atoms with E-state index in [0.717, 1.165) is 31.4 Å². The molecule has 0 aromatic carbocycles. The Morgan fingerprint density at radius 2 is 1.93 bits per heavy atom. The lowest BCUT2D eigenvalue weighted by molar-refractivity contribution is 0.0235. The van der Waals surface area contributed by atoms with Crippen LogP contribution in [0.25, 0.3) is 0 Å². The number of rotatable bonds is 5. The zero-order valence-corrected chi connectivity index (χ0v) is 9.24. The molecule has 1 saturated heterocycles. The lowest BCUT2D eigenvalue weighted by atomic mass is 10.0. The molecule has 2 aliphatic carbocycles. The van der Waals surface area contributed by atoms with Gasteiger partial charge in [0.1, 0.15) is 5.60 Å². The molecule has 0 amide bonds. The van der Waals surface area contributed by atoms with Crippen molar-refractivity contribution in [2.24, 2.45) is 11.8 Å². The molecule has 1 heterocycles. The summed E-state index contributed by atoms with van der Waals surface area (Å²) in [6.07, 6.45) is 6.36. The SMILES string of the molecule is OC1(CNC(C2CC2)C2CC2)CCOC1. The Labute approximate surface area is 91.2 Å². The quantitative estimate of drug-likeness (QED) is 0.710. The summed E-state index contributed by atoms with van der Waals surface area (Å²) in [5.41, 5.74) is -0.581. The largest absolute Gasteiger partial charge is 0.386 e. The van der Waals surface area contributed by atoms with Gasteiger partial charge in [0.15, 0.2) is 0 Å². The third-order valence-electron chi connectivity index (χ3n) is 4.01. The van der Waals surface area contributed by atoms with Gasteiger partial charge in [0.05, 0.1) is 6.61 Å². The molecule has 86 valence electrons. The monoisotopic (exact) mass is 211 g/mol. The van der Waals surface area contributed by atoms with E-state index in [2.05, 4.69) is 5.32 Å². The Kier molecular flexibility index (Phi) is 2.49. The molecule has 0 bridgehead atoms. The smallest absolute Gasteiger partial charge is 0.102 e. The minimum absolute atomic E-state index is 0.516. The fraction of sp³-hybridized carbons (Fsp3) is 1.00. The van der Waals surface area contributed by atoms with Crippen LogP contribution in [0, 0.1) is 11.8 Å². The summed E-state index contributed by atoms with van der Waals surface area (Å²) in [4.78, 5) is 0. The van der Waals surface area contributed by atoms with Crippen LogP contribution >= 0.6 is 0 Å². The highest BCUT2D eigenvalue weighted by Gasteiger charge is 2.42. The molecule has 0 aromatic rings. The zero-order valence-electron chi connectivity index (χ0n) is 9.24. The van der Waals surface area contributed by atoms with Crippen molar-refractivity contribution in [3.05, 3.63) is 0 Å². The van der Waals surface area contributed by atoms with Crippen molar-refractivity contribution in [3.8, 4) is 0 Å². The molecule has 3 heteroatoms. The van der Waals surface area contributed by atoms with Crippen molar-refractivity contribution in [1.29, 1.82) is 0 Å². The number of ether oxygens (including phenoxy) is 1. The first-order valence-corrected chi connectivity index (χ1v) is 6.30. The van der Waals surface area contributed by atoms with Gasteiger partial charge in [-0.3, -0.25) is 0 Å². The van der Waals surface area contributed by atoms with Gasteiger partial charge in [0, 0.05) is 25.6 Å². The van der Waals surface area contributed by atoms with E-state index < -0.39 is 5.60 Å². The lowest BCUT2D eigenvalue weighted by Crippen LogP contribution is -2.46. The molecule has 15 heavy (non-hydrogen) atoms. The van der Waals surface area contributed by atoms with E-state index in [9.17, 15) is 5.11 Å². The van der Waals surface area contributed by atoms with Crippen molar-refractivity contribution < 1.29 is 9.84 Å². The number of hydrogen-bond donors (Lipinski definition) is 2. The highest BCUT2D eigenvalue weighted by atomic mass is 16.5. The molecule has 1 atom stereocenters. The first-order valence-electron chi connectivity index (χ1n) is 6.30. The number of hydrogen-bond acceptors (Lipinski definition) is 3. The predicted octanol–water partition coefficient (Wildman–Crippen LogP) is 0.916. The van der Waals surface area contributed by atoms with Gasteiger partial charge in [-0.15, -0.1) is 0 Å². The molecule has 3 aliphatic rings. The molecule has 0 aromatic heterocycles. The predicted molar refractivity (Wildman–Crippen MR) is 57.6 cm³/mol. The average molecular weight is 211 g/mol. The maximum Gasteiger partial charge on any atom is 0.102 e. The van der Waals surface area contributed by atoms with Crippen LogP contribution in [0.4, 0.5) is 0 Å². The van der Waals surface area contributed by atoms with Gasteiger partial charge in [-0.2, -0.15) is 0 Å². The third-order valence-corrected chi connectivity index (χ3v) is 4.01. The first-order chi connectivity index (χ1) is 7.27. The van der Waals surface area contributed by atoms with E-state index in [0.29, 0.717) is 12.6 Å². The summed E-state index contributed by atoms with van der Waals surface area (Å²) < 4.78 is 5.25. The second-order valence-electron chi connectivity index (χ2n) is 5.61. The zero-order chi connectivity index (χ0) is 10.3. The van der Waals surface area contributed by atoms with Crippen LogP contribution in [0.3, 0.4) is 0 Å². The second-order valence-corrected chi connectivity index (χ2v) is 5.61. The van der Waals surface area contributed by atoms with Gasteiger partial charge in [-0.05, 0) is 37.5 Å².